The Hall–Kier alpha value is -1.92. The van der Waals surface area contributed by atoms with Crippen LogP contribution in [0, 0.1) is 6.92 Å². The number of hydrogen-bond acceptors (Lipinski definition) is 4. The van der Waals surface area contributed by atoms with Gasteiger partial charge in [-0.2, -0.15) is 5.10 Å². The fraction of sp³-hybridized carbons (Fsp3) is 0.188. The summed E-state index contributed by atoms with van der Waals surface area (Å²) in [6.07, 6.45) is 3.63. The van der Waals surface area contributed by atoms with Crippen LogP contribution < -0.4 is 0 Å². The van der Waals surface area contributed by atoms with Crippen LogP contribution in [0.3, 0.4) is 0 Å². The third-order valence-corrected chi connectivity index (χ3v) is 4.99. The second-order valence-electron chi connectivity index (χ2n) is 5.06. The van der Waals surface area contributed by atoms with Crippen molar-refractivity contribution in [2.45, 2.75) is 13.5 Å². The molecule has 0 N–H and O–H groups in total. The predicted octanol–water partition coefficient (Wildman–Crippen LogP) is 3.13. The first-order valence-electron chi connectivity index (χ1n) is 6.84. The molecule has 1 aromatic carbocycles. The van der Waals surface area contributed by atoms with Crippen LogP contribution in [0.25, 0.3) is 6.08 Å². The van der Waals surface area contributed by atoms with Gasteiger partial charge in [0, 0.05) is 18.3 Å². The number of thiocarbonyl (C=S) groups is 1. The molecule has 0 atom stereocenters. The maximum Gasteiger partial charge on any atom is 0.266 e. The van der Waals surface area contributed by atoms with Gasteiger partial charge in [-0.25, -0.2) is 0 Å². The van der Waals surface area contributed by atoms with Gasteiger partial charge in [-0.1, -0.05) is 54.3 Å². The molecule has 112 valence electrons. The van der Waals surface area contributed by atoms with Crippen molar-refractivity contribution in [3.8, 4) is 0 Å². The minimum Gasteiger partial charge on any atom is -0.288 e. The van der Waals surface area contributed by atoms with E-state index in [1.54, 1.807) is 15.8 Å². The molecule has 1 aliphatic rings. The lowest BCUT2D eigenvalue weighted by Gasteiger charge is -2.14. The Morgan fingerprint density at radius 3 is 2.68 bits per heavy atom. The minimum absolute atomic E-state index is 0.0397. The number of carbonyl (C=O) groups is 1. The molecule has 0 spiro atoms. The molecule has 2 heterocycles. The van der Waals surface area contributed by atoms with Crippen molar-refractivity contribution in [1.29, 1.82) is 0 Å². The number of carbonyl (C=O) groups excluding carboxylic acids is 1. The average Bonchev–Trinajstić information content (AvgIpc) is 2.96. The Labute approximate surface area is 138 Å². The average molecular weight is 329 g/mol. The van der Waals surface area contributed by atoms with E-state index < -0.39 is 0 Å². The molecule has 3 rings (SSSR count). The highest BCUT2D eigenvalue weighted by Gasteiger charge is 2.32. The molecule has 0 radical (unpaired) electrons. The van der Waals surface area contributed by atoms with Crippen LogP contribution in [0.2, 0.25) is 0 Å². The summed E-state index contributed by atoms with van der Waals surface area (Å²) in [5, 5.41) is 4.19. The molecule has 1 saturated heterocycles. The Morgan fingerprint density at radius 2 is 2.05 bits per heavy atom. The van der Waals surface area contributed by atoms with Crippen molar-refractivity contribution >= 4 is 40.3 Å². The Morgan fingerprint density at radius 1 is 1.32 bits per heavy atom. The van der Waals surface area contributed by atoms with Crippen LogP contribution in [-0.2, 0) is 18.4 Å². The van der Waals surface area contributed by atoms with Gasteiger partial charge in [0.2, 0.25) is 0 Å². The third kappa shape index (κ3) is 2.84. The molecule has 1 aromatic heterocycles. The minimum atomic E-state index is -0.0397. The Bertz CT molecular complexity index is 765. The summed E-state index contributed by atoms with van der Waals surface area (Å²) < 4.78 is 2.39. The lowest BCUT2D eigenvalue weighted by Crippen LogP contribution is -2.27. The van der Waals surface area contributed by atoms with Crippen molar-refractivity contribution in [2.24, 2.45) is 7.05 Å². The summed E-state index contributed by atoms with van der Waals surface area (Å²) in [7, 11) is 1.88. The zero-order chi connectivity index (χ0) is 15.7. The van der Waals surface area contributed by atoms with Gasteiger partial charge in [0.05, 0.1) is 17.6 Å². The van der Waals surface area contributed by atoms with E-state index in [0.717, 1.165) is 16.8 Å². The maximum atomic E-state index is 12.6. The third-order valence-electron chi connectivity index (χ3n) is 3.62. The van der Waals surface area contributed by atoms with Gasteiger partial charge >= 0.3 is 0 Å². The normalized spacial score (nSPS) is 16.8. The summed E-state index contributed by atoms with van der Waals surface area (Å²) in [6, 6.07) is 9.86. The van der Waals surface area contributed by atoms with Crippen LogP contribution in [-0.4, -0.2) is 24.9 Å². The topological polar surface area (TPSA) is 38.1 Å². The lowest BCUT2D eigenvalue weighted by atomic mass is 10.2. The van der Waals surface area contributed by atoms with Crippen molar-refractivity contribution in [2.75, 3.05) is 0 Å². The van der Waals surface area contributed by atoms with E-state index in [4.69, 9.17) is 12.2 Å². The van der Waals surface area contributed by atoms with Gasteiger partial charge in [-0.15, -0.1) is 0 Å². The zero-order valence-electron chi connectivity index (χ0n) is 12.3. The monoisotopic (exact) mass is 329 g/mol. The van der Waals surface area contributed by atoms with Crippen LogP contribution >= 0.6 is 24.0 Å². The van der Waals surface area contributed by atoms with E-state index >= 15 is 0 Å². The van der Waals surface area contributed by atoms with Gasteiger partial charge in [0.15, 0.2) is 0 Å². The quantitative estimate of drug-likeness (QED) is 0.640. The van der Waals surface area contributed by atoms with Crippen molar-refractivity contribution < 1.29 is 4.79 Å². The molecule has 2 aromatic rings. The first-order chi connectivity index (χ1) is 10.6. The molecular weight excluding hydrogens is 314 g/mol. The molecule has 0 unspecified atom stereocenters. The van der Waals surface area contributed by atoms with Crippen LogP contribution in [0.5, 0.6) is 0 Å². The molecule has 1 fully saturated rings. The van der Waals surface area contributed by atoms with Crippen molar-refractivity contribution in [3.05, 3.63) is 58.3 Å². The number of thioether (sulfide) groups is 1. The van der Waals surface area contributed by atoms with Gasteiger partial charge in [0.25, 0.3) is 5.91 Å². The molecule has 0 aliphatic carbocycles. The highest BCUT2D eigenvalue weighted by molar-refractivity contribution is 8.26. The van der Waals surface area contributed by atoms with Crippen LogP contribution in [0.1, 0.15) is 16.8 Å². The van der Waals surface area contributed by atoms with Crippen molar-refractivity contribution in [1.82, 2.24) is 14.7 Å². The first kappa shape index (κ1) is 15.0. The number of hydrogen-bond donors (Lipinski definition) is 0. The van der Waals surface area contributed by atoms with E-state index in [9.17, 15) is 4.79 Å². The smallest absolute Gasteiger partial charge is 0.266 e. The number of aromatic nitrogens is 2. The fourth-order valence-corrected chi connectivity index (χ4v) is 3.45. The Kier molecular flexibility index (Phi) is 4.13. The summed E-state index contributed by atoms with van der Waals surface area (Å²) in [5.41, 5.74) is 3.04. The van der Waals surface area contributed by atoms with Gasteiger partial charge in [-0.3, -0.25) is 14.4 Å². The standard InChI is InChI=1S/C16H15N3OS2/c1-11-13(9-17-18(11)2)8-14-15(20)19(16(21)22-14)10-12-6-4-3-5-7-12/h3-9H,10H2,1-2H3/b14-8-. The SMILES string of the molecule is Cc1c(/C=C2\SC(=S)N(Cc3ccccc3)C2=O)cnn1C. The van der Waals surface area contributed by atoms with Gasteiger partial charge < -0.3 is 0 Å². The predicted molar refractivity (Wildman–Crippen MR) is 93.1 cm³/mol. The number of nitrogens with zero attached hydrogens (tertiary/aromatic N) is 3. The second kappa shape index (κ2) is 6.06. The number of rotatable bonds is 3. The summed E-state index contributed by atoms with van der Waals surface area (Å²) in [6.45, 7) is 2.48. The van der Waals surface area contributed by atoms with Gasteiger partial charge in [-0.05, 0) is 18.6 Å². The highest BCUT2D eigenvalue weighted by Crippen LogP contribution is 2.33. The number of benzene rings is 1. The first-order valence-corrected chi connectivity index (χ1v) is 8.06. The zero-order valence-corrected chi connectivity index (χ0v) is 13.9. The summed E-state index contributed by atoms with van der Waals surface area (Å²) >= 11 is 6.70. The molecule has 0 saturated carbocycles. The second-order valence-corrected chi connectivity index (χ2v) is 6.74. The van der Waals surface area contributed by atoms with Crippen molar-refractivity contribution in [3.63, 3.8) is 0 Å². The van der Waals surface area contributed by atoms with E-state index in [2.05, 4.69) is 5.10 Å². The Balaban J connectivity index is 1.84. The number of amides is 1. The summed E-state index contributed by atoms with van der Waals surface area (Å²) in [4.78, 5) is 14.9. The summed E-state index contributed by atoms with van der Waals surface area (Å²) in [5.74, 6) is -0.0397. The molecule has 22 heavy (non-hydrogen) atoms. The van der Waals surface area contributed by atoms with E-state index in [1.165, 1.54) is 11.8 Å². The lowest BCUT2D eigenvalue weighted by molar-refractivity contribution is -0.122. The van der Waals surface area contributed by atoms with Crippen LogP contribution in [0.4, 0.5) is 0 Å². The van der Waals surface area contributed by atoms with Gasteiger partial charge in [0.1, 0.15) is 4.32 Å². The molecule has 0 bridgehead atoms. The molecule has 4 nitrogen and oxygen atoms in total. The van der Waals surface area contributed by atoms with Crippen LogP contribution in [0.15, 0.2) is 41.4 Å². The van der Waals surface area contributed by atoms with E-state index in [1.807, 2.05) is 50.4 Å². The highest BCUT2D eigenvalue weighted by atomic mass is 32.2. The molecule has 1 aliphatic heterocycles. The number of aryl methyl sites for hydroxylation is 1. The largest absolute Gasteiger partial charge is 0.288 e. The van der Waals surface area contributed by atoms with E-state index in [-0.39, 0.29) is 5.91 Å². The molecule has 1 amide bonds. The molecular formula is C16H15N3OS2. The fourth-order valence-electron chi connectivity index (χ4n) is 2.20. The maximum absolute atomic E-state index is 12.6. The van der Waals surface area contributed by atoms with E-state index in [0.29, 0.717) is 15.8 Å². The molecule has 6 heteroatoms.